The van der Waals surface area contributed by atoms with Gasteiger partial charge in [-0.2, -0.15) is 4.31 Å². The molecule has 1 aromatic carbocycles. The van der Waals surface area contributed by atoms with E-state index in [1.807, 2.05) is 6.92 Å². The molecule has 1 saturated carbocycles. The summed E-state index contributed by atoms with van der Waals surface area (Å²) < 4.78 is 34.4. The predicted octanol–water partition coefficient (Wildman–Crippen LogP) is 1.06. The van der Waals surface area contributed by atoms with Crippen LogP contribution < -0.4 is 4.74 Å². The zero-order valence-corrected chi connectivity index (χ0v) is 19.8. The molecule has 0 aromatic heterocycles. The smallest absolute Gasteiger partial charge is 0.247 e. The Morgan fingerprint density at radius 3 is 2.62 bits per heavy atom. The number of benzene rings is 1. The molecule has 1 amide bonds. The molecule has 1 heterocycles. The molecule has 176 valence electrons. The van der Waals surface area contributed by atoms with Gasteiger partial charge in [0.1, 0.15) is 22.9 Å². The molecule has 3 rings (SSSR count). The lowest BCUT2D eigenvalue weighted by molar-refractivity contribution is -0.132. The first-order valence-corrected chi connectivity index (χ1v) is 12.4. The number of sulfonamides is 1. The average molecular weight is 465 g/mol. The van der Waals surface area contributed by atoms with E-state index in [1.165, 1.54) is 10.4 Å². The fourth-order valence-corrected chi connectivity index (χ4v) is 5.54. The second-order valence-corrected chi connectivity index (χ2v) is 10.7. The van der Waals surface area contributed by atoms with Gasteiger partial charge < -0.3 is 19.8 Å². The van der Waals surface area contributed by atoms with Crippen molar-refractivity contribution in [2.75, 3.05) is 26.7 Å². The van der Waals surface area contributed by atoms with E-state index in [0.29, 0.717) is 12.1 Å². The highest BCUT2D eigenvalue weighted by atomic mass is 32.2. The van der Waals surface area contributed by atoms with Gasteiger partial charge in [0.25, 0.3) is 0 Å². The molecular weight excluding hydrogens is 432 g/mol. The summed E-state index contributed by atoms with van der Waals surface area (Å²) in [6.07, 6.45) is 0.527. The van der Waals surface area contributed by atoms with Crippen molar-refractivity contribution in [1.29, 1.82) is 0 Å². The maximum Gasteiger partial charge on any atom is 0.247 e. The highest BCUT2D eigenvalue weighted by Crippen LogP contribution is 2.35. The number of ether oxygens (including phenoxy) is 1. The van der Waals surface area contributed by atoms with Crippen molar-refractivity contribution in [1.82, 2.24) is 9.21 Å². The number of carbonyl (C=O) groups is 1. The number of aliphatic hydroxyl groups is 2. The summed E-state index contributed by atoms with van der Waals surface area (Å²) in [5, 5.41) is 19.2. The normalized spacial score (nSPS) is 24.6. The second kappa shape index (κ2) is 9.79. The Hall–Kier alpha value is -2.12. The first-order valence-electron chi connectivity index (χ1n) is 10.9. The fraction of sp³-hybridized carbons (Fsp3) is 0.609. The molecule has 9 heteroatoms. The molecule has 4 atom stereocenters. The number of rotatable bonds is 5. The lowest BCUT2D eigenvalue weighted by Gasteiger charge is -2.37. The summed E-state index contributed by atoms with van der Waals surface area (Å²) in [5.74, 6) is 5.52. The van der Waals surface area contributed by atoms with Crippen LogP contribution in [-0.4, -0.2) is 78.7 Å². The largest absolute Gasteiger partial charge is 0.487 e. The van der Waals surface area contributed by atoms with Gasteiger partial charge in [-0.15, -0.1) is 0 Å². The van der Waals surface area contributed by atoms with Gasteiger partial charge in [0.15, 0.2) is 0 Å². The van der Waals surface area contributed by atoms with Gasteiger partial charge in [0.2, 0.25) is 15.9 Å². The Morgan fingerprint density at radius 1 is 1.34 bits per heavy atom. The maximum absolute atomic E-state index is 13.4. The number of amides is 1. The van der Waals surface area contributed by atoms with Crippen molar-refractivity contribution in [3.05, 3.63) is 23.8 Å². The van der Waals surface area contributed by atoms with Crippen molar-refractivity contribution >= 4 is 15.9 Å². The average Bonchev–Trinajstić information content (AvgIpc) is 3.58. The predicted molar refractivity (Wildman–Crippen MR) is 119 cm³/mol. The molecular formula is C23H32N2O6S. The van der Waals surface area contributed by atoms with Gasteiger partial charge in [-0.05, 0) is 44.9 Å². The van der Waals surface area contributed by atoms with Crippen LogP contribution >= 0.6 is 0 Å². The quantitative estimate of drug-likeness (QED) is 0.631. The van der Waals surface area contributed by atoms with Crippen LogP contribution in [0, 0.1) is 23.7 Å². The van der Waals surface area contributed by atoms with Gasteiger partial charge >= 0.3 is 0 Å². The van der Waals surface area contributed by atoms with Gasteiger partial charge in [-0.3, -0.25) is 4.79 Å². The Morgan fingerprint density at radius 2 is 2.03 bits per heavy atom. The summed E-state index contributed by atoms with van der Waals surface area (Å²) in [5.41, 5.74) is 0.510. The molecule has 0 spiro atoms. The third-order valence-electron chi connectivity index (χ3n) is 5.85. The van der Waals surface area contributed by atoms with E-state index in [9.17, 15) is 23.4 Å². The van der Waals surface area contributed by atoms with Gasteiger partial charge in [0.05, 0.1) is 13.2 Å². The van der Waals surface area contributed by atoms with Crippen LogP contribution in [0.15, 0.2) is 23.1 Å². The second-order valence-electron chi connectivity index (χ2n) is 8.84. The number of carbonyl (C=O) groups excluding carboxylic acids is 1. The Balaban J connectivity index is 2.03. The minimum absolute atomic E-state index is 0.00605. The van der Waals surface area contributed by atoms with Crippen LogP contribution in [0.1, 0.15) is 39.2 Å². The lowest BCUT2D eigenvalue weighted by Crippen LogP contribution is -2.50. The van der Waals surface area contributed by atoms with Gasteiger partial charge in [0, 0.05) is 37.0 Å². The van der Waals surface area contributed by atoms with E-state index in [-0.39, 0.29) is 41.5 Å². The number of likely N-dealkylation sites (N-methyl/N-ethyl adjacent to an activating group) is 1. The Kier molecular flexibility index (Phi) is 7.50. The molecule has 1 aliphatic carbocycles. The number of nitrogens with zero attached hydrogens (tertiary/aromatic N) is 2. The number of aliphatic hydroxyl groups excluding tert-OH is 2. The minimum Gasteiger partial charge on any atom is -0.487 e. The van der Waals surface area contributed by atoms with Crippen molar-refractivity contribution in [2.45, 2.75) is 56.8 Å². The van der Waals surface area contributed by atoms with Gasteiger partial charge in [-0.25, -0.2) is 8.42 Å². The van der Waals surface area contributed by atoms with Crippen molar-refractivity contribution < 1.29 is 28.2 Å². The summed E-state index contributed by atoms with van der Waals surface area (Å²) in [7, 11) is -2.19. The highest BCUT2D eigenvalue weighted by Gasteiger charge is 2.39. The number of hydrogen-bond acceptors (Lipinski definition) is 6. The maximum atomic E-state index is 13.4. The van der Waals surface area contributed by atoms with E-state index in [1.54, 1.807) is 37.9 Å². The number of fused-ring (bicyclic) bond motifs is 1. The van der Waals surface area contributed by atoms with Crippen LogP contribution in [0.4, 0.5) is 0 Å². The van der Waals surface area contributed by atoms with Crippen molar-refractivity contribution in [2.24, 2.45) is 11.8 Å². The summed E-state index contributed by atoms with van der Waals surface area (Å²) >= 11 is 0. The molecule has 2 N–H and O–H groups in total. The first kappa shape index (κ1) is 24.5. The molecule has 2 aliphatic rings. The van der Waals surface area contributed by atoms with E-state index in [0.717, 1.165) is 12.8 Å². The molecule has 0 saturated heterocycles. The topological polar surface area (TPSA) is 107 Å². The molecule has 0 bridgehead atoms. The van der Waals surface area contributed by atoms with Crippen LogP contribution in [0.3, 0.4) is 0 Å². The van der Waals surface area contributed by atoms with Crippen molar-refractivity contribution in [3.63, 3.8) is 0 Å². The molecule has 0 radical (unpaired) electrons. The molecule has 1 aromatic rings. The fourth-order valence-electron chi connectivity index (χ4n) is 3.71. The number of hydrogen-bond donors (Lipinski definition) is 2. The zero-order chi connectivity index (χ0) is 23.6. The lowest BCUT2D eigenvalue weighted by atomic mass is 10.0. The van der Waals surface area contributed by atoms with E-state index in [2.05, 4.69) is 11.8 Å². The molecule has 1 fully saturated rings. The third kappa shape index (κ3) is 5.44. The highest BCUT2D eigenvalue weighted by molar-refractivity contribution is 7.89. The zero-order valence-electron chi connectivity index (χ0n) is 19.0. The molecule has 1 aliphatic heterocycles. The SMILES string of the molecule is C[C@@H](O)C#Cc1ccc2c(c1)O[C@@H](CN(C)C(=O)C1CC1)[C@@H](C)CN([C@@H](C)CO)S2(=O)=O. The van der Waals surface area contributed by atoms with Gasteiger partial charge in [-0.1, -0.05) is 18.8 Å². The summed E-state index contributed by atoms with van der Waals surface area (Å²) in [4.78, 5) is 14.2. The summed E-state index contributed by atoms with van der Waals surface area (Å²) in [6.45, 7) is 5.25. The minimum atomic E-state index is -3.94. The molecule has 32 heavy (non-hydrogen) atoms. The van der Waals surface area contributed by atoms with E-state index < -0.39 is 28.3 Å². The molecule has 0 unspecified atom stereocenters. The molecule has 8 nitrogen and oxygen atoms in total. The summed E-state index contributed by atoms with van der Waals surface area (Å²) in [6, 6.07) is 3.95. The third-order valence-corrected chi connectivity index (χ3v) is 7.87. The first-order chi connectivity index (χ1) is 15.0. The van der Waals surface area contributed by atoms with Crippen LogP contribution in [0.2, 0.25) is 0 Å². The van der Waals surface area contributed by atoms with E-state index in [4.69, 9.17) is 4.74 Å². The Labute approximate surface area is 190 Å². The van der Waals surface area contributed by atoms with Crippen LogP contribution in [0.5, 0.6) is 5.75 Å². The Bertz CT molecular complexity index is 1010. The van der Waals surface area contributed by atoms with Crippen LogP contribution in [0.25, 0.3) is 0 Å². The van der Waals surface area contributed by atoms with Crippen molar-refractivity contribution in [3.8, 4) is 17.6 Å². The van der Waals surface area contributed by atoms with Crippen LogP contribution in [-0.2, 0) is 14.8 Å². The monoisotopic (exact) mass is 464 g/mol. The van der Waals surface area contributed by atoms with E-state index >= 15 is 0 Å². The standard InChI is InChI=1S/C23H32N2O6S/c1-15-12-25(16(2)14-26)32(29,30)22-10-7-18(6-5-17(3)27)11-20(22)31-21(15)13-24(4)23(28)19-8-9-19/h7,10-11,15-17,19,21,26-27H,8-9,12-14H2,1-4H3/t15-,16-,17+,21-/m0/s1.